The zero-order valence-corrected chi connectivity index (χ0v) is 17.3. The van der Waals surface area contributed by atoms with E-state index in [0.29, 0.717) is 23.7 Å². The molecule has 0 bridgehead atoms. The van der Waals surface area contributed by atoms with E-state index in [2.05, 4.69) is 45.3 Å². The maximum atomic E-state index is 13.1. The largest absolute Gasteiger partial charge is 0.342 e. The van der Waals surface area contributed by atoms with E-state index in [1.165, 1.54) is 10.9 Å². The molecule has 29 heavy (non-hydrogen) atoms. The van der Waals surface area contributed by atoms with Crippen LogP contribution in [0, 0.1) is 23.7 Å². The number of likely N-dealkylation sites (tertiary alicyclic amines) is 1. The summed E-state index contributed by atoms with van der Waals surface area (Å²) in [5.41, 5.74) is 3.38. The van der Waals surface area contributed by atoms with Gasteiger partial charge in [-0.05, 0) is 54.8 Å². The maximum absolute atomic E-state index is 13.1. The van der Waals surface area contributed by atoms with Gasteiger partial charge in [0.2, 0.25) is 5.91 Å². The highest BCUT2D eigenvalue weighted by molar-refractivity contribution is 5.99. The first-order valence-corrected chi connectivity index (χ1v) is 10.9. The number of nitrogens with one attached hydrogen (secondary N) is 1. The summed E-state index contributed by atoms with van der Waals surface area (Å²) in [6.45, 7) is 6.21. The van der Waals surface area contributed by atoms with Crippen LogP contribution >= 0.6 is 0 Å². The minimum Gasteiger partial charge on any atom is -0.342 e. The van der Waals surface area contributed by atoms with Crippen LogP contribution in [0.4, 0.5) is 0 Å². The molecule has 2 saturated heterocycles. The third-order valence-electron chi connectivity index (χ3n) is 7.23. The Morgan fingerprint density at radius 2 is 2.10 bits per heavy atom. The SMILES string of the molecule is C/N=C\c1ccc([C@H]2C[C@@H](C)CN(C(=O)C[C@H]3[C@@H]4CNC[C@@H]43)C2)c2cccnc12. The predicted octanol–water partition coefficient (Wildman–Crippen LogP) is 3.09. The van der Waals surface area contributed by atoms with Gasteiger partial charge in [-0.25, -0.2) is 0 Å². The molecule has 1 aliphatic carbocycles. The number of amides is 1. The average Bonchev–Trinajstić information content (AvgIpc) is 3.14. The lowest BCUT2D eigenvalue weighted by molar-refractivity contribution is -0.133. The minimum atomic E-state index is 0.359. The monoisotopic (exact) mass is 390 g/mol. The molecule has 3 heterocycles. The first-order valence-electron chi connectivity index (χ1n) is 10.9. The summed E-state index contributed by atoms with van der Waals surface area (Å²) in [6, 6.07) is 8.52. The Kier molecular flexibility index (Phi) is 4.86. The molecule has 1 saturated carbocycles. The number of aliphatic imine (C=N–C) groups is 1. The Hall–Kier alpha value is -2.27. The number of carbonyl (C=O) groups excluding carboxylic acids is 1. The van der Waals surface area contributed by atoms with Gasteiger partial charge in [-0.15, -0.1) is 0 Å². The molecule has 1 N–H and O–H groups in total. The number of hydrogen-bond donors (Lipinski definition) is 1. The summed E-state index contributed by atoms with van der Waals surface area (Å²) in [5.74, 6) is 3.36. The van der Waals surface area contributed by atoms with Crippen LogP contribution in [-0.4, -0.2) is 55.2 Å². The van der Waals surface area contributed by atoms with Crippen LogP contribution in [0.5, 0.6) is 0 Å². The number of pyridine rings is 1. The van der Waals surface area contributed by atoms with Crippen LogP contribution in [0.1, 0.15) is 36.8 Å². The number of fused-ring (bicyclic) bond motifs is 2. The third-order valence-corrected chi connectivity index (χ3v) is 7.23. The summed E-state index contributed by atoms with van der Waals surface area (Å²) >= 11 is 0. The number of carbonyl (C=O) groups is 1. The fraction of sp³-hybridized carbons (Fsp3) is 0.542. The molecular formula is C24H30N4O. The molecule has 3 aliphatic rings. The van der Waals surface area contributed by atoms with Crippen LogP contribution in [0.15, 0.2) is 35.5 Å². The van der Waals surface area contributed by atoms with E-state index in [1.54, 1.807) is 7.05 Å². The van der Waals surface area contributed by atoms with E-state index in [4.69, 9.17) is 0 Å². The highest BCUT2D eigenvalue weighted by Crippen LogP contribution is 2.51. The molecular weight excluding hydrogens is 360 g/mol. The van der Waals surface area contributed by atoms with Crippen molar-refractivity contribution in [2.24, 2.45) is 28.7 Å². The normalized spacial score (nSPS) is 31.4. The molecule has 1 amide bonds. The summed E-state index contributed by atoms with van der Waals surface area (Å²) in [4.78, 5) is 24.0. The minimum absolute atomic E-state index is 0.359. The number of piperidine rings is 2. The smallest absolute Gasteiger partial charge is 0.222 e. The molecule has 2 aliphatic heterocycles. The molecule has 0 unspecified atom stereocenters. The standard InChI is InChI=1S/C24H30N4O/c1-15-8-17(14-28(13-15)23(29)9-20-21-11-26-12-22(20)21)18-6-5-16(10-25-2)24-19(18)4-3-7-27-24/h3-7,10,15,17,20-22,26H,8-9,11-14H2,1-2H3/b25-10-/t15-,17+,20-,21-,22+/m1/s1. The number of benzene rings is 1. The highest BCUT2D eigenvalue weighted by atomic mass is 16.2. The van der Waals surface area contributed by atoms with Crippen molar-refractivity contribution in [1.82, 2.24) is 15.2 Å². The van der Waals surface area contributed by atoms with Crippen molar-refractivity contribution < 1.29 is 4.79 Å². The highest BCUT2D eigenvalue weighted by Gasteiger charge is 2.53. The Morgan fingerprint density at radius 3 is 2.90 bits per heavy atom. The lowest BCUT2D eigenvalue weighted by atomic mass is 9.83. The fourth-order valence-electron chi connectivity index (χ4n) is 5.78. The van der Waals surface area contributed by atoms with Gasteiger partial charge >= 0.3 is 0 Å². The van der Waals surface area contributed by atoms with Gasteiger partial charge in [-0.1, -0.05) is 25.1 Å². The van der Waals surface area contributed by atoms with Crippen LogP contribution in [0.25, 0.3) is 10.9 Å². The summed E-state index contributed by atoms with van der Waals surface area (Å²) in [5, 5.41) is 4.62. The molecule has 3 fully saturated rings. The molecule has 5 rings (SSSR count). The maximum Gasteiger partial charge on any atom is 0.222 e. The van der Waals surface area contributed by atoms with Gasteiger partial charge in [0.15, 0.2) is 0 Å². The molecule has 5 nitrogen and oxygen atoms in total. The Bertz CT molecular complexity index is 945. The molecule has 1 aromatic carbocycles. The summed E-state index contributed by atoms with van der Waals surface area (Å²) in [7, 11) is 1.79. The van der Waals surface area contributed by atoms with E-state index in [0.717, 1.165) is 61.9 Å². The van der Waals surface area contributed by atoms with Crippen molar-refractivity contribution >= 4 is 23.0 Å². The van der Waals surface area contributed by atoms with Gasteiger partial charge in [0.1, 0.15) is 0 Å². The molecule has 0 spiro atoms. The van der Waals surface area contributed by atoms with Crippen LogP contribution in [-0.2, 0) is 4.79 Å². The molecule has 0 radical (unpaired) electrons. The Labute approximate surface area is 172 Å². The number of nitrogens with zero attached hydrogens (tertiary/aromatic N) is 3. The molecule has 1 aromatic heterocycles. The number of rotatable bonds is 4. The van der Waals surface area contributed by atoms with Crippen LogP contribution in [0.3, 0.4) is 0 Å². The molecule has 5 heteroatoms. The van der Waals surface area contributed by atoms with Crippen molar-refractivity contribution in [3.05, 3.63) is 41.6 Å². The van der Waals surface area contributed by atoms with Gasteiger partial charge in [0.25, 0.3) is 0 Å². The predicted molar refractivity (Wildman–Crippen MR) is 116 cm³/mol. The van der Waals surface area contributed by atoms with E-state index in [9.17, 15) is 4.79 Å². The van der Waals surface area contributed by atoms with Crippen molar-refractivity contribution in [3.63, 3.8) is 0 Å². The Morgan fingerprint density at radius 1 is 1.28 bits per heavy atom. The fourth-order valence-corrected chi connectivity index (χ4v) is 5.78. The second-order valence-corrected chi connectivity index (χ2v) is 9.22. The second-order valence-electron chi connectivity index (χ2n) is 9.22. The van der Waals surface area contributed by atoms with Crippen molar-refractivity contribution in [3.8, 4) is 0 Å². The topological polar surface area (TPSA) is 57.6 Å². The van der Waals surface area contributed by atoms with Gasteiger partial charge in [-0.2, -0.15) is 0 Å². The first-order chi connectivity index (χ1) is 14.2. The van der Waals surface area contributed by atoms with Gasteiger partial charge in [0, 0.05) is 55.8 Å². The summed E-state index contributed by atoms with van der Waals surface area (Å²) in [6.07, 6.45) is 5.58. The van der Waals surface area contributed by atoms with Crippen LogP contribution in [0.2, 0.25) is 0 Å². The van der Waals surface area contributed by atoms with Crippen molar-refractivity contribution in [2.45, 2.75) is 25.7 Å². The quantitative estimate of drug-likeness (QED) is 0.816. The van der Waals surface area contributed by atoms with E-state index < -0.39 is 0 Å². The van der Waals surface area contributed by atoms with Crippen molar-refractivity contribution in [1.29, 1.82) is 0 Å². The van der Waals surface area contributed by atoms with Gasteiger partial charge in [0.05, 0.1) is 5.52 Å². The third kappa shape index (κ3) is 3.46. The van der Waals surface area contributed by atoms with Gasteiger partial charge in [-0.3, -0.25) is 14.8 Å². The lowest BCUT2D eigenvalue weighted by Gasteiger charge is -2.37. The lowest BCUT2D eigenvalue weighted by Crippen LogP contribution is -2.43. The zero-order valence-electron chi connectivity index (χ0n) is 17.3. The Balaban J connectivity index is 1.38. The summed E-state index contributed by atoms with van der Waals surface area (Å²) < 4.78 is 0. The number of aromatic nitrogens is 1. The molecule has 152 valence electrons. The zero-order chi connectivity index (χ0) is 20.0. The second kappa shape index (κ2) is 7.52. The van der Waals surface area contributed by atoms with E-state index in [1.807, 2.05) is 18.5 Å². The first kappa shape index (κ1) is 18.7. The van der Waals surface area contributed by atoms with Crippen molar-refractivity contribution in [2.75, 3.05) is 33.2 Å². The molecule has 2 aromatic rings. The molecule has 5 atom stereocenters. The van der Waals surface area contributed by atoms with E-state index >= 15 is 0 Å². The van der Waals surface area contributed by atoms with E-state index in [-0.39, 0.29) is 0 Å². The van der Waals surface area contributed by atoms with Crippen LogP contribution < -0.4 is 5.32 Å². The average molecular weight is 391 g/mol. The van der Waals surface area contributed by atoms with Gasteiger partial charge < -0.3 is 10.2 Å². The number of hydrogen-bond acceptors (Lipinski definition) is 4.